The Hall–Kier alpha value is -0.970. The van der Waals surface area contributed by atoms with Gasteiger partial charge in [-0.1, -0.05) is 34.1 Å². The van der Waals surface area contributed by atoms with Crippen LogP contribution < -0.4 is 0 Å². The molecule has 0 amide bonds. The second-order valence-corrected chi connectivity index (χ2v) is 6.44. The van der Waals surface area contributed by atoms with Crippen molar-refractivity contribution in [2.45, 2.75) is 6.92 Å². The van der Waals surface area contributed by atoms with E-state index in [2.05, 4.69) is 45.1 Å². The summed E-state index contributed by atoms with van der Waals surface area (Å²) in [5.41, 5.74) is 4.73. The lowest BCUT2D eigenvalue weighted by molar-refractivity contribution is 1.38. The predicted molar refractivity (Wildman–Crippen MR) is 83.3 cm³/mol. The van der Waals surface area contributed by atoms with Crippen LogP contribution in [-0.4, -0.2) is 4.98 Å². The number of hydrogen-bond donors (Lipinski definition) is 0. The summed E-state index contributed by atoms with van der Waals surface area (Å²) in [4.78, 5) is 4.74. The first kappa shape index (κ1) is 12.1. The van der Waals surface area contributed by atoms with Gasteiger partial charge >= 0.3 is 0 Å². The van der Waals surface area contributed by atoms with Crippen molar-refractivity contribution in [2.24, 2.45) is 0 Å². The van der Waals surface area contributed by atoms with Gasteiger partial charge in [-0.3, -0.25) is 0 Å². The highest BCUT2D eigenvalue weighted by atomic mass is 79.9. The molecule has 0 spiro atoms. The van der Waals surface area contributed by atoms with Crippen molar-refractivity contribution in [1.82, 2.24) is 4.98 Å². The first-order chi connectivity index (χ1) is 8.75. The summed E-state index contributed by atoms with van der Waals surface area (Å²) < 4.78 is 1.09. The Morgan fingerprint density at radius 3 is 2.61 bits per heavy atom. The fourth-order valence-corrected chi connectivity index (χ4v) is 4.07. The molecule has 3 rings (SSSR count). The third kappa shape index (κ3) is 2.16. The number of thiazole rings is 1. The van der Waals surface area contributed by atoms with E-state index in [-0.39, 0.29) is 0 Å². The van der Waals surface area contributed by atoms with Crippen LogP contribution in [0.5, 0.6) is 0 Å². The van der Waals surface area contributed by atoms with Gasteiger partial charge in [0, 0.05) is 26.4 Å². The van der Waals surface area contributed by atoms with Gasteiger partial charge in [0.25, 0.3) is 0 Å². The molecule has 0 aliphatic rings. The highest BCUT2D eigenvalue weighted by molar-refractivity contribution is 9.10. The molecule has 1 nitrogen and oxygen atoms in total. The van der Waals surface area contributed by atoms with Crippen LogP contribution in [0.3, 0.4) is 0 Å². The fourth-order valence-electron chi connectivity index (χ4n) is 1.77. The first-order valence-electron chi connectivity index (χ1n) is 5.49. The highest BCUT2D eigenvalue weighted by Crippen LogP contribution is 2.34. The lowest BCUT2D eigenvalue weighted by Crippen LogP contribution is -1.80. The Kier molecular flexibility index (Phi) is 3.33. The van der Waals surface area contributed by atoms with Crippen LogP contribution in [0.15, 0.2) is 44.9 Å². The first-order valence-corrected chi connectivity index (χ1v) is 8.11. The summed E-state index contributed by atoms with van der Waals surface area (Å²) in [6.45, 7) is 2.13. The van der Waals surface area contributed by atoms with E-state index in [9.17, 15) is 0 Å². The number of nitrogens with zero attached hydrogens (tertiary/aromatic N) is 1. The minimum Gasteiger partial charge on any atom is -0.236 e. The third-order valence-corrected chi connectivity index (χ3v) is 5.17. The number of hydrogen-bond acceptors (Lipinski definition) is 3. The van der Waals surface area contributed by atoms with Crippen LogP contribution in [-0.2, 0) is 0 Å². The normalized spacial score (nSPS) is 10.8. The molecule has 0 saturated heterocycles. The third-order valence-electron chi connectivity index (χ3n) is 2.74. The molecule has 0 bridgehead atoms. The quantitative estimate of drug-likeness (QED) is 0.593. The molecule has 0 radical (unpaired) electrons. The molecular formula is C14H10BrNS2. The molecule has 90 valence electrons. The van der Waals surface area contributed by atoms with Gasteiger partial charge in [0.15, 0.2) is 0 Å². The Morgan fingerprint density at radius 2 is 1.89 bits per heavy atom. The topological polar surface area (TPSA) is 12.9 Å². The molecule has 0 fully saturated rings. The smallest absolute Gasteiger partial charge is 0.125 e. The lowest BCUT2D eigenvalue weighted by Gasteiger charge is -1.99. The van der Waals surface area contributed by atoms with Crippen LogP contribution in [0.2, 0.25) is 0 Å². The summed E-state index contributed by atoms with van der Waals surface area (Å²) in [5, 5.41) is 7.54. The van der Waals surface area contributed by atoms with E-state index in [1.54, 1.807) is 22.7 Å². The average molecular weight is 336 g/mol. The molecule has 0 atom stereocenters. The highest BCUT2D eigenvalue weighted by Gasteiger charge is 2.10. The largest absolute Gasteiger partial charge is 0.236 e. The van der Waals surface area contributed by atoms with Crippen LogP contribution in [0.1, 0.15) is 5.56 Å². The van der Waals surface area contributed by atoms with Crippen LogP contribution in [0.4, 0.5) is 0 Å². The molecule has 18 heavy (non-hydrogen) atoms. The minimum absolute atomic E-state index is 1.04. The zero-order valence-corrected chi connectivity index (χ0v) is 12.9. The summed E-state index contributed by atoms with van der Waals surface area (Å²) in [6.07, 6.45) is 0. The maximum absolute atomic E-state index is 4.74. The molecule has 0 N–H and O–H groups in total. The number of halogens is 1. The zero-order chi connectivity index (χ0) is 12.5. The number of benzene rings is 1. The average Bonchev–Trinajstić information content (AvgIpc) is 2.98. The van der Waals surface area contributed by atoms with E-state index in [1.165, 1.54) is 11.1 Å². The Morgan fingerprint density at radius 1 is 1.06 bits per heavy atom. The maximum atomic E-state index is 4.74. The fraction of sp³-hybridized carbons (Fsp3) is 0.0714. The SMILES string of the molecule is Cc1cscc1-c1nc(-c2ccccc2Br)cs1. The van der Waals surface area contributed by atoms with Crippen LogP contribution >= 0.6 is 38.6 Å². The van der Waals surface area contributed by atoms with Gasteiger partial charge in [-0.25, -0.2) is 4.98 Å². The molecule has 0 saturated carbocycles. The molecule has 4 heteroatoms. The van der Waals surface area contributed by atoms with E-state index in [0.29, 0.717) is 0 Å². The number of aromatic nitrogens is 1. The number of aryl methyl sites for hydroxylation is 1. The molecule has 0 unspecified atom stereocenters. The van der Waals surface area contributed by atoms with Crippen molar-refractivity contribution in [1.29, 1.82) is 0 Å². The van der Waals surface area contributed by atoms with Crippen LogP contribution in [0, 0.1) is 6.92 Å². The second-order valence-electron chi connectivity index (χ2n) is 3.99. The molecule has 2 aromatic heterocycles. The van der Waals surface area contributed by atoms with E-state index in [1.807, 2.05) is 18.2 Å². The van der Waals surface area contributed by atoms with E-state index >= 15 is 0 Å². The molecule has 0 aliphatic heterocycles. The van der Waals surface area contributed by atoms with Gasteiger partial charge in [0.2, 0.25) is 0 Å². The van der Waals surface area contributed by atoms with Gasteiger partial charge in [0.05, 0.1) is 5.69 Å². The lowest BCUT2D eigenvalue weighted by atomic mass is 10.2. The Bertz CT molecular complexity index is 684. The number of rotatable bonds is 2. The van der Waals surface area contributed by atoms with Crippen molar-refractivity contribution in [2.75, 3.05) is 0 Å². The Balaban J connectivity index is 2.05. The van der Waals surface area contributed by atoms with E-state index < -0.39 is 0 Å². The van der Waals surface area contributed by atoms with E-state index in [0.717, 1.165) is 20.7 Å². The summed E-state index contributed by atoms with van der Waals surface area (Å²) in [5.74, 6) is 0. The molecule has 3 aromatic rings. The van der Waals surface area contributed by atoms with Gasteiger partial charge in [-0.2, -0.15) is 11.3 Å². The van der Waals surface area contributed by atoms with Crippen molar-refractivity contribution >= 4 is 38.6 Å². The van der Waals surface area contributed by atoms with Gasteiger partial charge < -0.3 is 0 Å². The summed E-state index contributed by atoms with van der Waals surface area (Å²) >= 11 is 7.00. The van der Waals surface area contributed by atoms with Crippen LogP contribution in [0.25, 0.3) is 21.8 Å². The molecule has 0 aliphatic carbocycles. The monoisotopic (exact) mass is 335 g/mol. The predicted octanol–water partition coefficient (Wildman–Crippen LogP) is 5.61. The molecule has 2 heterocycles. The van der Waals surface area contributed by atoms with Crippen molar-refractivity contribution in [3.63, 3.8) is 0 Å². The second kappa shape index (κ2) is 4.96. The van der Waals surface area contributed by atoms with Gasteiger partial charge in [-0.05, 0) is 23.9 Å². The zero-order valence-electron chi connectivity index (χ0n) is 9.68. The van der Waals surface area contributed by atoms with Gasteiger partial charge in [0.1, 0.15) is 5.01 Å². The summed E-state index contributed by atoms with van der Waals surface area (Å²) in [6, 6.07) is 8.19. The Labute approximate surface area is 122 Å². The standard InChI is InChI=1S/C14H10BrNS2/c1-9-6-17-7-11(9)14-16-13(8-18-14)10-4-2-3-5-12(10)15/h2-8H,1H3. The van der Waals surface area contributed by atoms with Gasteiger partial charge in [-0.15, -0.1) is 11.3 Å². The number of thiophene rings is 1. The van der Waals surface area contributed by atoms with E-state index in [4.69, 9.17) is 4.98 Å². The maximum Gasteiger partial charge on any atom is 0.125 e. The minimum atomic E-state index is 1.04. The molecule has 1 aromatic carbocycles. The van der Waals surface area contributed by atoms with Crippen molar-refractivity contribution in [3.05, 3.63) is 50.4 Å². The van der Waals surface area contributed by atoms with Crippen molar-refractivity contribution < 1.29 is 0 Å². The van der Waals surface area contributed by atoms with Crippen molar-refractivity contribution in [3.8, 4) is 21.8 Å². The molecular weight excluding hydrogens is 326 g/mol. The summed E-state index contributed by atoms with van der Waals surface area (Å²) in [7, 11) is 0.